The first-order valence-electron chi connectivity index (χ1n) is 8.46. The average Bonchev–Trinajstić information content (AvgIpc) is 3.17. The van der Waals surface area contributed by atoms with Crippen LogP contribution in [0, 0.1) is 0 Å². The SMILES string of the molecule is COc1ccc([C@H]2CCCN2C(=O)Nc2cccnc2OC)c(OC)c1. The number of aromatic nitrogens is 1. The van der Waals surface area contributed by atoms with Crippen LogP contribution in [0.5, 0.6) is 17.4 Å². The summed E-state index contributed by atoms with van der Waals surface area (Å²) in [6, 6.07) is 8.97. The molecule has 0 saturated carbocycles. The van der Waals surface area contributed by atoms with Crippen molar-refractivity contribution < 1.29 is 19.0 Å². The molecular weight excluding hydrogens is 334 g/mol. The van der Waals surface area contributed by atoms with Gasteiger partial charge in [-0.1, -0.05) is 0 Å². The quantitative estimate of drug-likeness (QED) is 0.887. The van der Waals surface area contributed by atoms with Crippen molar-refractivity contribution in [3.63, 3.8) is 0 Å². The molecule has 1 fully saturated rings. The molecule has 1 aromatic heterocycles. The van der Waals surface area contributed by atoms with Crippen molar-refractivity contribution in [1.82, 2.24) is 9.88 Å². The van der Waals surface area contributed by atoms with Crippen LogP contribution in [0.15, 0.2) is 36.5 Å². The van der Waals surface area contributed by atoms with Crippen molar-refractivity contribution in [2.24, 2.45) is 0 Å². The number of methoxy groups -OCH3 is 3. The van der Waals surface area contributed by atoms with Crippen LogP contribution in [0.4, 0.5) is 10.5 Å². The summed E-state index contributed by atoms with van der Waals surface area (Å²) < 4.78 is 16.0. The molecule has 26 heavy (non-hydrogen) atoms. The average molecular weight is 357 g/mol. The van der Waals surface area contributed by atoms with Gasteiger partial charge in [-0.3, -0.25) is 0 Å². The number of rotatable bonds is 5. The van der Waals surface area contributed by atoms with Crippen molar-refractivity contribution >= 4 is 11.7 Å². The standard InChI is InChI=1S/C19H23N3O4/c1-24-13-8-9-14(17(12-13)25-2)16-7-5-11-22(16)19(23)21-15-6-4-10-20-18(15)26-3/h4,6,8-10,12,16H,5,7,11H2,1-3H3,(H,21,23)/t16-/m1/s1. The number of likely N-dealkylation sites (tertiary alicyclic amines) is 1. The first-order valence-corrected chi connectivity index (χ1v) is 8.46. The van der Waals surface area contributed by atoms with Crippen molar-refractivity contribution in [2.45, 2.75) is 18.9 Å². The van der Waals surface area contributed by atoms with Gasteiger partial charge < -0.3 is 24.4 Å². The second kappa shape index (κ2) is 7.95. The number of nitrogens with one attached hydrogen (secondary N) is 1. The number of anilines is 1. The number of benzene rings is 1. The monoisotopic (exact) mass is 357 g/mol. The topological polar surface area (TPSA) is 72.9 Å². The van der Waals surface area contributed by atoms with E-state index in [4.69, 9.17) is 14.2 Å². The Labute approximate surface area is 152 Å². The summed E-state index contributed by atoms with van der Waals surface area (Å²) in [5, 5.41) is 2.90. The number of hydrogen-bond donors (Lipinski definition) is 1. The van der Waals surface area contributed by atoms with E-state index in [1.165, 1.54) is 7.11 Å². The maximum absolute atomic E-state index is 12.9. The zero-order valence-electron chi connectivity index (χ0n) is 15.2. The molecule has 0 radical (unpaired) electrons. The molecule has 7 heteroatoms. The molecule has 0 bridgehead atoms. The molecule has 0 unspecified atom stereocenters. The summed E-state index contributed by atoms with van der Waals surface area (Å²) in [4.78, 5) is 18.8. The van der Waals surface area contributed by atoms with Crippen LogP contribution in [0.25, 0.3) is 0 Å². The number of nitrogens with zero attached hydrogens (tertiary/aromatic N) is 2. The van der Waals surface area contributed by atoms with Gasteiger partial charge in [0.25, 0.3) is 0 Å². The fourth-order valence-corrected chi connectivity index (χ4v) is 3.26. The molecule has 7 nitrogen and oxygen atoms in total. The van der Waals surface area contributed by atoms with Crippen LogP contribution in [0.2, 0.25) is 0 Å². The van der Waals surface area contributed by atoms with Gasteiger partial charge in [-0.2, -0.15) is 0 Å². The molecule has 0 spiro atoms. The Bertz CT molecular complexity index is 781. The molecule has 1 aliphatic rings. The number of urea groups is 1. The molecule has 1 aromatic carbocycles. The van der Waals surface area contributed by atoms with Gasteiger partial charge in [0.15, 0.2) is 0 Å². The zero-order valence-corrected chi connectivity index (χ0v) is 15.2. The van der Waals surface area contributed by atoms with Gasteiger partial charge in [-0.05, 0) is 37.1 Å². The summed E-state index contributed by atoms with van der Waals surface area (Å²) in [6.07, 6.45) is 3.42. The fraction of sp³-hybridized carbons (Fsp3) is 0.368. The summed E-state index contributed by atoms with van der Waals surface area (Å²) in [5.74, 6) is 1.83. The Morgan fingerprint density at radius 2 is 2.04 bits per heavy atom. The van der Waals surface area contributed by atoms with Crippen LogP contribution >= 0.6 is 0 Å². The van der Waals surface area contributed by atoms with Gasteiger partial charge in [-0.15, -0.1) is 0 Å². The summed E-state index contributed by atoms with van der Waals surface area (Å²) in [5.41, 5.74) is 1.52. The van der Waals surface area contributed by atoms with E-state index in [0.717, 1.165) is 24.2 Å². The number of carbonyl (C=O) groups is 1. The second-order valence-electron chi connectivity index (χ2n) is 5.95. The molecular formula is C19H23N3O4. The maximum Gasteiger partial charge on any atom is 0.322 e. The zero-order chi connectivity index (χ0) is 18.5. The number of amides is 2. The third-order valence-electron chi connectivity index (χ3n) is 4.52. The van der Waals surface area contributed by atoms with Gasteiger partial charge in [0.2, 0.25) is 5.88 Å². The van der Waals surface area contributed by atoms with Gasteiger partial charge in [0.05, 0.1) is 27.4 Å². The van der Waals surface area contributed by atoms with Crippen molar-refractivity contribution in [1.29, 1.82) is 0 Å². The highest BCUT2D eigenvalue weighted by Crippen LogP contribution is 2.39. The Morgan fingerprint density at radius 1 is 1.19 bits per heavy atom. The lowest BCUT2D eigenvalue weighted by Gasteiger charge is -2.27. The minimum atomic E-state index is -0.184. The van der Waals surface area contributed by atoms with Crippen molar-refractivity contribution in [3.05, 3.63) is 42.1 Å². The van der Waals surface area contributed by atoms with Gasteiger partial charge in [0, 0.05) is 24.4 Å². The second-order valence-corrected chi connectivity index (χ2v) is 5.95. The first-order chi connectivity index (χ1) is 12.7. The van der Waals surface area contributed by atoms with Crippen LogP contribution in [-0.2, 0) is 0 Å². The number of hydrogen-bond acceptors (Lipinski definition) is 5. The number of ether oxygens (including phenoxy) is 3. The van der Waals surface area contributed by atoms with E-state index in [0.29, 0.717) is 23.9 Å². The number of pyridine rings is 1. The van der Waals surface area contributed by atoms with E-state index in [2.05, 4.69) is 10.3 Å². The minimum Gasteiger partial charge on any atom is -0.497 e. The van der Waals surface area contributed by atoms with E-state index in [-0.39, 0.29) is 12.1 Å². The predicted octanol–water partition coefficient (Wildman–Crippen LogP) is 3.48. The van der Waals surface area contributed by atoms with Gasteiger partial charge >= 0.3 is 6.03 Å². The number of carbonyl (C=O) groups excluding carboxylic acids is 1. The van der Waals surface area contributed by atoms with E-state index in [9.17, 15) is 4.79 Å². The maximum atomic E-state index is 12.9. The predicted molar refractivity (Wildman–Crippen MR) is 98.0 cm³/mol. The molecule has 0 aliphatic carbocycles. The summed E-state index contributed by atoms with van der Waals surface area (Å²) in [7, 11) is 4.77. The van der Waals surface area contributed by atoms with E-state index in [1.54, 1.807) is 32.5 Å². The minimum absolute atomic E-state index is 0.0569. The van der Waals surface area contributed by atoms with Crippen LogP contribution < -0.4 is 19.5 Å². The third kappa shape index (κ3) is 3.51. The molecule has 1 saturated heterocycles. The van der Waals surface area contributed by atoms with Crippen LogP contribution in [0.3, 0.4) is 0 Å². The molecule has 2 heterocycles. The highest BCUT2D eigenvalue weighted by atomic mass is 16.5. The summed E-state index contributed by atoms with van der Waals surface area (Å²) in [6.45, 7) is 0.675. The lowest BCUT2D eigenvalue weighted by Crippen LogP contribution is -2.34. The van der Waals surface area contributed by atoms with Crippen molar-refractivity contribution in [3.8, 4) is 17.4 Å². The smallest absolute Gasteiger partial charge is 0.322 e. The Morgan fingerprint density at radius 3 is 2.77 bits per heavy atom. The first kappa shape index (κ1) is 17.8. The molecule has 1 aliphatic heterocycles. The molecule has 2 aromatic rings. The van der Waals surface area contributed by atoms with Crippen LogP contribution in [-0.4, -0.2) is 43.8 Å². The lowest BCUT2D eigenvalue weighted by molar-refractivity contribution is 0.206. The van der Waals surface area contributed by atoms with Gasteiger partial charge in [0.1, 0.15) is 17.2 Å². The normalized spacial score (nSPS) is 16.3. The van der Waals surface area contributed by atoms with E-state index < -0.39 is 0 Å². The fourth-order valence-electron chi connectivity index (χ4n) is 3.26. The molecule has 2 amide bonds. The Kier molecular flexibility index (Phi) is 5.46. The van der Waals surface area contributed by atoms with E-state index in [1.807, 2.05) is 23.1 Å². The van der Waals surface area contributed by atoms with Gasteiger partial charge in [-0.25, -0.2) is 9.78 Å². The largest absolute Gasteiger partial charge is 0.497 e. The molecule has 138 valence electrons. The lowest BCUT2D eigenvalue weighted by atomic mass is 10.0. The van der Waals surface area contributed by atoms with Crippen LogP contribution in [0.1, 0.15) is 24.4 Å². The summed E-state index contributed by atoms with van der Waals surface area (Å²) >= 11 is 0. The molecule has 1 atom stereocenters. The Balaban J connectivity index is 1.83. The molecule has 3 rings (SSSR count). The highest BCUT2D eigenvalue weighted by Gasteiger charge is 2.32. The Hall–Kier alpha value is -2.96. The third-order valence-corrected chi connectivity index (χ3v) is 4.52. The molecule has 1 N–H and O–H groups in total. The van der Waals surface area contributed by atoms with E-state index >= 15 is 0 Å². The van der Waals surface area contributed by atoms with Crippen molar-refractivity contribution in [2.75, 3.05) is 33.2 Å². The highest BCUT2D eigenvalue weighted by molar-refractivity contribution is 5.91.